The Labute approximate surface area is 56.3 Å². The zero-order valence-electron chi connectivity index (χ0n) is 4.39. The molecule has 0 N–H and O–H groups in total. The molecule has 0 unspecified atom stereocenters. The first kappa shape index (κ1) is 6.08. The first-order valence-corrected chi connectivity index (χ1v) is 3.36. The van der Waals surface area contributed by atoms with Gasteiger partial charge in [0.05, 0.1) is 0 Å². The molecule has 0 radical (unpaired) electrons. The van der Waals surface area contributed by atoms with Crippen LogP contribution in [0.5, 0.6) is 0 Å². The second-order valence-corrected chi connectivity index (χ2v) is 3.40. The summed E-state index contributed by atoms with van der Waals surface area (Å²) >= 11 is 3.27. The van der Waals surface area contributed by atoms with E-state index in [0.717, 1.165) is 19.3 Å². The van der Waals surface area contributed by atoms with Crippen LogP contribution in [0.25, 0.3) is 0 Å². The van der Waals surface area contributed by atoms with E-state index in [1.807, 2.05) is 0 Å². The molecule has 0 amide bonds. The quantitative estimate of drug-likeness (QED) is 0.473. The molecule has 0 heterocycles. The number of hydrogen-bond donors (Lipinski definition) is 0. The summed E-state index contributed by atoms with van der Waals surface area (Å²) in [7, 11) is 0. The molecule has 0 aromatic rings. The maximum atomic E-state index is 9.76. The number of alkyl halides is 1. The summed E-state index contributed by atoms with van der Waals surface area (Å²) in [5, 5.41) is 0. The van der Waals surface area contributed by atoms with Gasteiger partial charge in [0.25, 0.3) is 6.47 Å². The van der Waals surface area contributed by atoms with Crippen LogP contribution >= 0.6 is 15.9 Å². The van der Waals surface area contributed by atoms with E-state index in [1.165, 1.54) is 0 Å². The minimum atomic E-state index is -0.283. The molecule has 0 atom stereocenters. The second-order valence-electron chi connectivity index (χ2n) is 1.95. The van der Waals surface area contributed by atoms with Crippen molar-refractivity contribution in [2.75, 3.05) is 0 Å². The van der Waals surface area contributed by atoms with E-state index in [1.54, 1.807) is 0 Å². The van der Waals surface area contributed by atoms with Crippen LogP contribution in [0.2, 0.25) is 0 Å². The third kappa shape index (κ3) is 1.02. The van der Waals surface area contributed by atoms with Crippen molar-refractivity contribution >= 4 is 22.4 Å². The van der Waals surface area contributed by atoms with Gasteiger partial charge in [0.15, 0.2) is 4.51 Å². The Balaban J connectivity index is 2.29. The van der Waals surface area contributed by atoms with Gasteiger partial charge in [0.1, 0.15) is 0 Å². The molecule has 0 aliphatic heterocycles. The maximum absolute atomic E-state index is 9.76. The molecule has 1 aliphatic carbocycles. The standard InChI is InChI=1S/C5H7BrO2/c6-5(8-4-7)2-1-3-5/h4H,1-3H2. The Morgan fingerprint density at radius 2 is 2.25 bits per heavy atom. The Morgan fingerprint density at radius 3 is 2.38 bits per heavy atom. The molecular weight excluding hydrogens is 172 g/mol. The first-order chi connectivity index (χ1) is 3.77. The van der Waals surface area contributed by atoms with Gasteiger partial charge in [0, 0.05) is 0 Å². The molecule has 1 fully saturated rings. The summed E-state index contributed by atoms with van der Waals surface area (Å²) in [6.07, 6.45) is 3.05. The Hall–Kier alpha value is -0.0500. The highest BCUT2D eigenvalue weighted by Crippen LogP contribution is 2.40. The zero-order chi connectivity index (χ0) is 6.04. The van der Waals surface area contributed by atoms with Crippen molar-refractivity contribution in [3.63, 3.8) is 0 Å². The van der Waals surface area contributed by atoms with E-state index < -0.39 is 0 Å². The average molecular weight is 179 g/mol. The van der Waals surface area contributed by atoms with E-state index in [2.05, 4.69) is 15.9 Å². The summed E-state index contributed by atoms with van der Waals surface area (Å²) in [5.74, 6) is 0. The fraction of sp³-hybridized carbons (Fsp3) is 0.800. The predicted molar refractivity (Wildman–Crippen MR) is 32.7 cm³/mol. The lowest BCUT2D eigenvalue weighted by molar-refractivity contribution is -0.139. The molecule has 8 heavy (non-hydrogen) atoms. The van der Waals surface area contributed by atoms with Crippen LogP contribution in [-0.4, -0.2) is 11.0 Å². The maximum Gasteiger partial charge on any atom is 0.294 e. The van der Waals surface area contributed by atoms with Gasteiger partial charge in [-0.2, -0.15) is 0 Å². The number of halogens is 1. The molecule has 0 saturated heterocycles. The van der Waals surface area contributed by atoms with E-state index in [0.29, 0.717) is 6.47 Å². The van der Waals surface area contributed by atoms with Crippen molar-refractivity contribution < 1.29 is 9.53 Å². The van der Waals surface area contributed by atoms with Crippen molar-refractivity contribution in [3.8, 4) is 0 Å². The molecule has 0 aromatic carbocycles. The van der Waals surface area contributed by atoms with Crippen LogP contribution in [0.1, 0.15) is 19.3 Å². The van der Waals surface area contributed by atoms with Crippen LogP contribution < -0.4 is 0 Å². The number of carbonyl (C=O) groups excluding carboxylic acids is 1. The Kier molecular flexibility index (Phi) is 1.56. The van der Waals surface area contributed by atoms with Crippen molar-refractivity contribution in [1.82, 2.24) is 0 Å². The van der Waals surface area contributed by atoms with Crippen molar-refractivity contribution in [2.24, 2.45) is 0 Å². The lowest BCUT2D eigenvalue weighted by Gasteiger charge is -2.33. The van der Waals surface area contributed by atoms with Crippen LogP contribution in [-0.2, 0) is 9.53 Å². The highest BCUT2D eigenvalue weighted by molar-refractivity contribution is 9.10. The Morgan fingerprint density at radius 1 is 1.62 bits per heavy atom. The smallest absolute Gasteiger partial charge is 0.294 e. The summed E-state index contributed by atoms with van der Waals surface area (Å²) < 4.78 is 4.42. The molecule has 1 rings (SSSR count). The van der Waals surface area contributed by atoms with Gasteiger partial charge in [-0.05, 0) is 35.2 Å². The molecule has 3 heteroatoms. The predicted octanol–water partition coefficient (Wildman–Crippen LogP) is 1.43. The third-order valence-corrected chi connectivity index (χ3v) is 2.34. The molecule has 2 nitrogen and oxygen atoms in total. The minimum absolute atomic E-state index is 0.283. The van der Waals surface area contributed by atoms with Gasteiger partial charge in [0.2, 0.25) is 0 Å². The third-order valence-electron chi connectivity index (χ3n) is 1.36. The minimum Gasteiger partial charge on any atom is -0.450 e. The van der Waals surface area contributed by atoms with Crippen LogP contribution in [0.15, 0.2) is 0 Å². The van der Waals surface area contributed by atoms with Crippen molar-refractivity contribution in [3.05, 3.63) is 0 Å². The van der Waals surface area contributed by atoms with Crippen LogP contribution in [0, 0.1) is 0 Å². The second kappa shape index (κ2) is 2.05. The van der Waals surface area contributed by atoms with Gasteiger partial charge >= 0.3 is 0 Å². The molecule has 1 aliphatic rings. The normalized spacial score (nSPS) is 23.6. The van der Waals surface area contributed by atoms with Crippen LogP contribution in [0.3, 0.4) is 0 Å². The van der Waals surface area contributed by atoms with Gasteiger partial charge in [-0.1, -0.05) is 0 Å². The lowest BCUT2D eigenvalue weighted by Crippen LogP contribution is -2.32. The number of carbonyl (C=O) groups is 1. The van der Waals surface area contributed by atoms with E-state index >= 15 is 0 Å². The summed E-state index contributed by atoms with van der Waals surface area (Å²) in [6.45, 7) is 0.494. The summed E-state index contributed by atoms with van der Waals surface area (Å²) in [6, 6.07) is 0. The van der Waals surface area contributed by atoms with Gasteiger partial charge in [-0.25, -0.2) is 0 Å². The molecule has 0 bridgehead atoms. The molecule has 0 aromatic heterocycles. The van der Waals surface area contributed by atoms with Crippen LogP contribution in [0.4, 0.5) is 0 Å². The van der Waals surface area contributed by atoms with Gasteiger partial charge in [-0.15, -0.1) is 0 Å². The number of hydrogen-bond acceptors (Lipinski definition) is 2. The fourth-order valence-corrected chi connectivity index (χ4v) is 1.30. The van der Waals surface area contributed by atoms with E-state index in [-0.39, 0.29) is 4.51 Å². The topological polar surface area (TPSA) is 26.3 Å². The number of ether oxygens (including phenoxy) is 1. The zero-order valence-corrected chi connectivity index (χ0v) is 5.98. The highest BCUT2D eigenvalue weighted by Gasteiger charge is 2.35. The summed E-state index contributed by atoms with van der Waals surface area (Å²) in [4.78, 5) is 9.76. The van der Waals surface area contributed by atoms with Crippen molar-refractivity contribution in [1.29, 1.82) is 0 Å². The molecule has 46 valence electrons. The van der Waals surface area contributed by atoms with E-state index in [4.69, 9.17) is 4.74 Å². The van der Waals surface area contributed by atoms with Crippen molar-refractivity contribution in [2.45, 2.75) is 23.8 Å². The van der Waals surface area contributed by atoms with Gasteiger partial charge < -0.3 is 4.74 Å². The fourth-order valence-electron chi connectivity index (χ4n) is 0.659. The highest BCUT2D eigenvalue weighted by atomic mass is 79.9. The number of rotatable bonds is 2. The molecular formula is C5H7BrO2. The molecule has 1 saturated carbocycles. The first-order valence-electron chi connectivity index (χ1n) is 2.57. The lowest BCUT2D eigenvalue weighted by atomic mass is 9.96. The largest absolute Gasteiger partial charge is 0.450 e. The molecule has 0 spiro atoms. The SMILES string of the molecule is O=COC1(Br)CCC1. The monoisotopic (exact) mass is 178 g/mol. The van der Waals surface area contributed by atoms with Gasteiger partial charge in [-0.3, -0.25) is 4.79 Å². The Bertz CT molecular complexity index is 98.6. The van der Waals surface area contributed by atoms with E-state index in [9.17, 15) is 4.79 Å². The summed E-state index contributed by atoms with van der Waals surface area (Å²) in [5.41, 5.74) is 0. The average Bonchev–Trinajstić information content (AvgIpc) is 1.64.